The molecule has 0 spiro atoms. The minimum Gasteiger partial charge on any atom is -0.289 e. The molecule has 0 saturated heterocycles. The Morgan fingerprint density at radius 1 is 1.06 bits per heavy atom. The van der Waals surface area contributed by atoms with Crippen LogP contribution in [0.4, 0.5) is 8.78 Å². The summed E-state index contributed by atoms with van der Waals surface area (Å²) in [5.41, 5.74) is 2.90. The number of nitrogens with zero attached hydrogens (tertiary/aromatic N) is 6. The number of aromatic nitrogens is 6. The average Bonchev–Trinajstić information content (AvgIpc) is 3.48. The van der Waals surface area contributed by atoms with Gasteiger partial charge < -0.3 is 0 Å². The lowest BCUT2D eigenvalue weighted by Crippen LogP contribution is -2.38. The van der Waals surface area contributed by atoms with Crippen LogP contribution in [0, 0.1) is 17.0 Å². The number of hydrogen-bond donors (Lipinski definition) is 0. The van der Waals surface area contributed by atoms with Crippen LogP contribution in [0.5, 0.6) is 0 Å². The zero-order valence-electron chi connectivity index (χ0n) is 21.0. The maximum absolute atomic E-state index is 14.5. The van der Waals surface area contributed by atoms with E-state index >= 15 is 0 Å². The van der Waals surface area contributed by atoms with Gasteiger partial charge in [-0.15, -0.1) is 5.10 Å². The summed E-state index contributed by atoms with van der Waals surface area (Å²) in [5.74, 6) is -0.428. The predicted octanol–water partition coefficient (Wildman–Crippen LogP) is 5.90. The Balaban J connectivity index is 1.48. The first-order valence-electron chi connectivity index (χ1n) is 12.2. The van der Waals surface area contributed by atoms with Crippen LogP contribution < -0.4 is 0 Å². The van der Waals surface area contributed by atoms with Gasteiger partial charge in [0.05, 0.1) is 40.0 Å². The van der Waals surface area contributed by atoms with Crippen molar-refractivity contribution in [1.29, 1.82) is 0 Å². The molecule has 184 valence electrons. The molecule has 2 atom stereocenters. The molecule has 0 N–H and O–H groups in total. The molecule has 0 amide bonds. The van der Waals surface area contributed by atoms with Crippen molar-refractivity contribution < 1.29 is 8.78 Å². The van der Waals surface area contributed by atoms with E-state index in [1.165, 1.54) is 18.2 Å². The van der Waals surface area contributed by atoms with E-state index in [0.717, 1.165) is 35.5 Å². The van der Waals surface area contributed by atoms with E-state index in [1.54, 1.807) is 12.5 Å². The molecule has 0 aliphatic heterocycles. The SMILES string of the molecule is CC(C)(C)c1cn(-c2cncc([C@@]34CC[C@@H](c5cc(-c6c(F)cccc6F)nnc53)C4(C)C)n2)cn1. The van der Waals surface area contributed by atoms with Crippen molar-refractivity contribution in [2.24, 2.45) is 5.41 Å². The first-order valence-corrected chi connectivity index (χ1v) is 12.2. The van der Waals surface area contributed by atoms with E-state index < -0.39 is 17.0 Å². The third-order valence-corrected chi connectivity index (χ3v) is 8.28. The fourth-order valence-electron chi connectivity index (χ4n) is 6.28. The second kappa shape index (κ2) is 7.48. The van der Waals surface area contributed by atoms with Crippen molar-refractivity contribution in [2.75, 3.05) is 0 Å². The third-order valence-electron chi connectivity index (χ3n) is 8.28. The molecule has 3 aromatic heterocycles. The Hall–Kier alpha value is -3.55. The molecule has 36 heavy (non-hydrogen) atoms. The quantitative estimate of drug-likeness (QED) is 0.361. The van der Waals surface area contributed by atoms with Crippen LogP contribution >= 0.6 is 0 Å². The third kappa shape index (κ3) is 3.02. The van der Waals surface area contributed by atoms with E-state index in [2.05, 4.69) is 54.8 Å². The highest BCUT2D eigenvalue weighted by Crippen LogP contribution is 2.69. The van der Waals surface area contributed by atoms with Crippen molar-refractivity contribution in [3.8, 4) is 17.1 Å². The van der Waals surface area contributed by atoms with Gasteiger partial charge >= 0.3 is 0 Å². The lowest BCUT2D eigenvalue weighted by molar-refractivity contribution is 0.242. The summed E-state index contributed by atoms with van der Waals surface area (Å²) in [6.45, 7) is 10.8. The van der Waals surface area contributed by atoms with Crippen LogP contribution in [0.1, 0.15) is 76.0 Å². The summed E-state index contributed by atoms with van der Waals surface area (Å²) in [5, 5.41) is 8.93. The highest BCUT2D eigenvalue weighted by Gasteiger charge is 2.65. The van der Waals surface area contributed by atoms with Crippen LogP contribution in [-0.2, 0) is 10.8 Å². The monoisotopic (exact) mass is 486 g/mol. The minimum absolute atomic E-state index is 0.0783. The van der Waals surface area contributed by atoms with Crippen molar-refractivity contribution in [3.05, 3.63) is 83.5 Å². The summed E-state index contributed by atoms with van der Waals surface area (Å²) < 4.78 is 30.9. The molecule has 6 nitrogen and oxygen atoms in total. The van der Waals surface area contributed by atoms with E-state index in [-0.39, 0.29) is 28.0 Å². The minimum atomic E-state index is -0.644. The van der Waals surface area contributed by atoms with Crippen molar-refractivity contribution in [1.82, 2.24) is 29.7 Å². The highest BCUT2D eigenvalue weighted by molar-refractivity contribution is 5.64. The van der Waals surface area contributed by atoms with E-state index in [1.807, 2.05) is 23.0 Å². The highest BCUT2D eigenvalue weighted by atomic mass is 19.1. The summed E-state index contributed by atoms with van der Waals surface area (Å²) in [6.07, 6.45) is 9.10. The van der Waals surface area contributed by atoms with Gasteiger partial charge in [0.2, 0.25) is 0 Å². The molecule has 0 radical (unpaired) electrons. The second-order valence-corrected chi connectivity index (χ2v) is 11.5. The number of fused-ring (bicyclic) bond motifs is 5. The second-order valence-electron chi connectivity index (χ2n) is 11.5. The average molecular weight is 487 g/mol. The van der Waals surface area contributed by atoms with Gasteiger partial charge in [0.15, 0.2) is 5.82 Å². The summed E-state index contributed by atoms with van der Waals surface area (Å²) >= 11 is 0. The molecule has 4 aromatic rings. The van der Waals surface area contributed by atoms with E-state index in [9.17, 15) is 8.78 Å². The van der Waals surface area contributed by atoms with Crippen molar-refractivity contribution in [2.45, 2.75) is 64.2 Å². The van der Waals surface area contributed by atoms with Gasteiger partial charge in [0, 0.05) is 17.8 Å². The maximum Gasteiger partial charge on any atom is 0.156 e. The van der Waals surface area contributed by atoms with Gasteiger partial charge in [-0.25, -0.2) is 18.7 Å². The van der Waals surface area contributed by atoms with Gasteiger partial charge in [0.1, 0.15) is 18.0 Å². The molecular weight excluding hydrogens is 458 g/mol. The molecule has 1 fully saturated rings. The standard InChI is InChI=1S/C28H28F2N6/c1-26(2,3)22-14-36(15-32-22)23-13-31-12-21(33-23)28-10-9-17(27(28,4)5)16-11-20(34-35-25(16)28)24-18(29)7-6-8-19(24)30/h6-8,11-15,17H,9-10H2,1-5H3/t17-,28-/m0/s1. The fraction of sp³-hybridized carbons (Fsp3) is 0.393. The molecule has 8 heteroatoms. The fourth-order valence-corrected chi connectivity index (χ4v) is 6.28. The van der Waals surface area contributed by atoms with Gasteiger partial charge in [-0.3, -0.25) is 9.55 Å². The molecule has 2 aliphatic rings. The summed E-state index contributed by atoms with van der Waals surface area (Å²) in [6, 6.07) is 5.66. The Morgan fingerprint density at radius 3 is 2.50 bits per heavy atom. The Bertz CT molecular complexity index is 1480. The number of hydrogen-bond acceptors (Lipinski definition) is 5. The Kier molecular flexibility index (Phi) is 4.75. The smallest absolute Gasteiger partial charge is 0.156 e. The van der Waals surface area contributed by atoms with Gasteiger partial charge in [-0.1, -0.05) is 40.7 Å². The van der Waals surface area contributed by atoms with E-state index in [0.29, 0.717) is 5.82 Å². The van der Waals surface area contributed by atoms with Crippen LogP contribution in [0.25, 0.3) is 17.1 Å². The van der Waals surface area contributed by atoms with Gasteiger partial charge in [-0.2, -0.15) is 5.10 Å². The summed E-state index contributed by atoms with van der Waals surface area (Å²) in [4.78, 5) is 14.2. The van der Waals surface area contributed by atoms with Crippen LogP contribution in [0.2, 0.25) is 0 Å². The number of rotatable bonds is 3. The zero-order chi connectivity index (χ0) is 25.5. The first-order chi connectivity index (χ1) is 17.0. The maximum atomic E-state index is 14.5. The first kappa shape index (κ1) is 22.9. The topological polar surface area (TPSA) is 69.4 Å². The van der Waals surface area contributed by atoms with Crippen LogP contribution in [0.3, 0.4) is 0 Å². The zero-order valence-corrected chi connectivity index (χ0v) is 21.0. The molecule has 1 saturated carbocycles. The Morgan fingerprint density at radius 2 is 1.81 bits per heavy atom. The van der Waals surface area contributed by atoms with Crippen molar-refractivity contribution >= 4 is 0 Å². The molecule has 2 bridgehead atoms. The number of imidazole rings is 1. The lowest BCUT2D eigenvalue weighted by atomic mass is 9.66. The normalized spacial score (nSPS) is 22.1. The predicted molar refractivity (Wildman–Crippen MR) is 132 cm³/mol. The molecule has 1 aromatic carbocycles. The molecule has 0 unspecified atom stereocenters. The van der Waals surface area contributed by atoms with E-state index in [4.69, 9.17) is 4.98 Å². The molecular formula is C28H28F2N6. The number of benzene rings is 1. The molecule has 2 aliphatic carbocycles. The number of halogens is 2. The molecule has 6 rings (SSSR count). The van der Waals surface area contributed by atoms with Crippen molar-refractivity contribution in [3.63, 3.8) is 0 Å². The van der Waals surface area contributed by atoms with Gasteiger partial charge in [-0.05, 0) is 47.9 Å². The molecule has 3 heterocycles. The van der Waals surface area contributed by atoms with Gasteiger partial charge in [0.25, 0.3) is 0 Å². The van der Waals surface area contributed by atoms with Crippen LogP contribution in [0.15, 0.2) is 49.2 Å². The largest absolute Gasteiger partial charge is 0.289 e. The lowest BCUT2D eigenvalue weighted by Gasteiger charge is -2.37. The summed E-state index contributed by atoms with van der Waals surface area (Å²) in [7, 11) is 0. The Labute approximate surface area is 208 Å². The van der Waals surface area contributed by atoms with Crippen LogP contribution in [-0.4, -0.2) is 29.7 Å².